The normalized spacial score (nSPS) is 14.7. The van der Waals surface area contributed by atoms with Crippen LogP contribution < -0.4 is 10.6 Å². The molecule has 0 radical (unpaired) electrons. The highest BCUT2D eigenvalue weighted by Crippen LogP contribution is 2.39. The zero-order valence-electron chi connectivity index (χ0n) is 16.1. The van der Waals surface area contributed by atoms with Crippen LogP contribution in [0.1, 0.15) is 34.4 Å². The average molecular weight is 407 g/mol. The SMILES string of the molecule is CCc1c(C#N)c(S[C@@H](C(N)=O)c2ccccc2)nc(N2CCOCC2)c1C#N. The summed E-state index contributed by atoms with van der Waals surface area (Å²) in [6.45, 7) is 4.21. The Hall–Kier alpha value is -3.07. The number of nitrogens with two attached hydrogens (primary N) is 1. The van der Waals surface area contributed by atoms with Gasteiger partial charge in [-0.15, -0.1) is 0 Å². The van der Waals surface area contributed by atoms with Gasteiger partial charge in [-0.3, -0.25) is 4.79 Å². The third kappa shape index (κ3) is 4.34. The number of thioether (sulfide) groups is 1. The summed E-state index contributed by atoms with van der Waals surface area (Å²) >= 11 is 1.15. The number of benzene rings is 1. The predicted octanol–water partition coefficient (Wildman–Crippen LogP) is 2.54. The van der Waals surface area contributed by atoms with Crippen molar-refractivity contribution in [2.24, 2.45) is 5.73 Å². The number of nitrogens with zero attached hydrogens (tertiary/aromatic N) is 4. The molecule has 1 aliphatic heterocycles. The van der Waals surface area contributed by atoms with E-state index in [0.717, 1.165) is 17.3 Å². The number of anilines is 1. The number of pyridine rings is 1. The number of carbonyl (C=O) groups is 1. The maximum atomic E-state index is 12.2. The lowest BCUT2D eigenvalue weighted by molar-refractivity contribution is -0.117. The number of hydrogen-bond acceptors (Lipinski definition) is 7. The minimum atomic E-state index is -0.689. The zero-order valence-corrected chi connectivity index (χ0v) is 16.9. The molecule has 0 aliphatic carbocycles. The fourth-order valence-corrected chi connectivity index (χ4v) is 4.36. The second kappa shape index (κ2) is 9.42. The third-order valence-electron chi connectivity index (χ3n) is 4.73. The predicted molar refractivity (Wildman–Crippen MR) is 110 cm³/mol. The lowest BCUT2D eigenvalue weighted by atomic mass is 10.0. The standard InChI is InChI=1S/C21H21N5O2S/c1-2-15-16(12-22)20(26-8-10-28-11-9-26)25-21(17(15)13-23)29-18(19(24)27)14-6-4-3-5-7-14/h3-7,18H,2,8-11H2,1H3,(H2,24,27)/t18-/m1/s1. The van der Waals surface area contributed by atoms with Crippen LogP contribution in [-0.4, -0.2) is 37.2 Å². The van der Waals surface area contributed by atoms with Crippen molar-refractivity contribution in [2.45, 2.75) is 23.6 Å². The van der Waals surface area contributed by atoms with Gasteiger partial charge in [0.15, 0.2) is 0 Å². The highest BCUT2D eigenvalue weighted by atomic mass is 32.2. The summed E-state index contributed by atoms with van der Waals surface area (Å²) < 4.78 is 5.41. The molecule has 0 unspecified atom stereocenters. The van der Waals surface area contributed by atoms with E-state index >= 15 is 0 Å². The molecule has 2 N–H and O–H groups in total. The topological polar surface area (TPSA) is 116 Å². The largest absolute Gasteiger partial charge is 0.378 e. The van der Waals surface area contributed by atoms with E-state index in [9.17, 15) is 15.3 Å². The van der Waals surface area contributed by atoms with Crippen molar-refractivity contribution < 1.29 is 9.53 Å². The van der Waals surface area contributed by atoms with E-state index in [1.165, 1.54) is 0 Å². The van der Waals surface area contributed by atoms with Gasteiger partial charge in [-0.1, -0.05) is 49.0 Å². The number of morpholine rings is 1. The number of ether oxygens (including phenoxy) is 1. The smallest absolute Gasteiger partial charge is 0.235 e. The highest BCUT2D eigenvalue weighted by molar-refractivity contribution is 8.00. The number of hydrogen-bond donors (Lipinski definition) is 1. The minimum Gasteiger partial charge on any atom is -0.378 e. The molecular formula is C21H21N5O2S. The van der Waals surface area contributed by atoms with Crippen molar-refractivity contribution >= 4 is 23.5 Å². The van der Waals surface area contributed by atoms with Gasteiger partial charge in [0.05, 0.1) is 24.3 Å². The summed E-state index contributed by atoms with van der Waals surface area (Å²) in [6, 6.07) is 13.6. The molecule has 1 aromatic heterocycles. The van der Waals surface area contributed by atoms with Gasteiger partial charge in [-0.2, -0.15) is 10.5 Å². The average Bonchev–Trinajstić information content (AvgIpc) is 2.77. The molecule has 0 spiro atoms. The minimum absolute atomic E-state index is 0.327. The van der Waals surface area contributed by atoms with Gasteiger partial charge in [0, 0.05) is 13.1 Å². The number of aromatic nitrogens is 1. The van der Waals surface area contributed by atoms with E-state index in [-0.39, 0.29) is 0 Å². The summed E-state index contributed by atoms with van der Waals surface area (Å²) in [7, 11) is 0. The Labute approximate surface area is 174 Å². The summed E-state index contributed by atoms with van der Waals surface area (Å²) in [5.74, 6) is 0.0210. The van der Waals surface area contributed by atoms with Gasteiger partial charge in [-0.25, -0.2) is 4.98 Å². The molecule has 1 aliphatic rings. The van der Waals surface area contributed by atoms with Crippen LogP contribution in [0.15, 0.2) is 35.4 Å². The quantitative estimate of drug-likeness (QED) is 0.731. The fourth-order valence-electron chi connectivity index (χ4n) is 3.30. The van der Waals surface area contributed by atoms with Gasteiger partial charge < -0.3 is 15.4 Å². The second-order valence-corrected chi connectivity index (χ2v) is 7.55. The molecule has 3 rings (SSSR count). The molecular weight excluding hydrogens is 386 g/mol. The molecule has 0 bridgehead atoms. The van der Waals surface area contributed by atoms with Gasteiger partial charge >= 0.3 is 0 Å². The Morgan fingerprint density at radius 2 is 1.90 bits per heavy atom. The van der Waals surface area contributed by atoms with Gasteiger partial charge in [0.2, 0.25) is 5.91 Å². The first-order chi connectivity index (χ1) is 14.1. The molecule has 1 aromatic carbocycles. The van der Waals surface area contributed by atoms with E-state index < -0.39 is 11.2 Å². The van der Waals surface area contributed by atoms with Crippen LogP contribution in [0, 0.1) is 22.7 Å². The monoisotopic (exact) mass is 407 g/mol. The summed E-state index contributed by atoms with van der Waals surface area (Å²) in [4.78, 5) is 18.8. The first-order valence-corrected chi connectivity index (χ1v) is 10.2. The van der Waals surface area contributed by atoms with E-state index in [1.54, 1.807) is 0 Å². The Kier molecular flexibility index (Phi) is 6.71. The van der Waals surface area contributed by atoms with Crippen LogP contribution in [0.2, 0.25) is 0 Å². The van der Waals surface area contributed by atoms with Crippen LogP contribution in [-0.2, 0) is 16.0 Å². The van der Waals surface area contributed by atoms with E-state index in [0.29, 0.717) is 60.3 Å². The number of primary amides is 1. The number of rotatable bonds is 6. The molecule has 29 heavy (non-hydrogen) atoms. The van der Waals surface area contributed by atoms with Crippen molar-refractivity contribution in [1.82, 2.24) is 4.98 Å². The van der Waals surface area contributed by atoms with Crippen LogP contribution in [0.25, 0.3) is 0 Å². The summed E-state index contributed by atoms with van der Waals surface area (Å²) in [5, 5.41) is 19.3. The Morgan fingerprint density at radius 3 is 2.45 bits per heavy atom. The van der Waals surface area contributed by atoms with E-state index in [1.807, 2.05) is 42.2 Å². The molecule has 148 valence electrons. The Bertz CT molecular complexity index is 975. The Morgan fingerprint density at radius 1 is 1.24 bits per heavy atom. The van der Waals surface area contributed by atoms with Gasteiger partial charge in [-0.05, 0) is 17.5 Å². The van der Waals surface area contributed by atoms with Crippen molar-refractivity contribution in [3.63, 3.8) is 0 Å². The lowest BCUT2D eigenvalue weighted by Gasteiger charge is -2.30. The van der Waals surface area contributed by atoms with Crippen molar-refractivity contribution in [3.05, 3.63) is 52.6 Å². The summed E-state index contributed by atoms with van der Waals surface area (Å²) in [6.07, 6.45) is 0.506. The van der Waals surface area contributed by atoms with Gasteiger partial charge in [0.1, 0.15) is 28.2 Å². The molecule has 1 saturated heterocycles. The first kappa shape index (κ1) is 20.7. The van der Waals surface area contributed by atoms with Crippen molar-refractivity contribution in [1.29, 1.82) is 10.5 Å². The Balaban J connectivity index is 2.13. The third-order valence-corrected chi connectivity index (χ3v) is 5.99. The lowest BCUT2D eigenvalue weighted by Crippen LogP contribution is -2.37. The maximum Gasteiger partial charge on any atom is 0.235 e. The van der Waals surface area contributed by atoms with Gasteiger partial charge in [0.25, 0.3) is 0 Å². The second-order valence-electron chi connectivity index (χ2n) is 6.46. The van der Waals surface area contributed by atoms with Crippen LogP contribution >= 0.6 is 11.8 Å². The van der Waals surface area contributed by atoms with Crippen molar-refractivity contribution in [3.8, 4) is 12.1 Å². The summed E-state index contributed by atoms with van der Waals surface area (Å²) in [5.41, 5.74) is 7.79. The van der Waals surface area contributed by atoms with Crippen LogP contribution in [0.4, 0.5) is 5.82 Å². The number of nitriles is 2. The van der Waals surface area contributed by atoms with E-state index in [2.05, 4.69) is 17.1 Å². The van der Waals surface area contributed by atoms with Crippen LogP contribution in [0.5, 0.6) is 0 Å². The first-order valence-electron chi connectivity index (χ1n) is 9.31. The number of carbonyl (C=O) groups excluding carboxylic acids is 1. The maximum absolute atomic E-state index is 12.2. The molecule has 2 aromatic rings. The zero-order chi connectivity index (χ0) is 20.8. The van der Waals surface area contributed by atoms with E-state index in [4.69, 9.17) is 10.5 Å². The molecule has 8 heteroatoms. The fraction of sp³-hybridized carbons (Fsp3) is 0.333. The molecule has 1 amide bonds. The molecule has 7 nitrogen and oxygen atoms in total. The molecule has 1 atom stereocenters. The van der Waals surface area contributed by atoms with Crippen LogP contribution in [0.3, 0.4) is 0 Å². The van der Waals surface area contributed by atoms with Crippen molar-refractivity contribution in [2.75, 3.05) is 31.2 Å². The number of amides is 1. The molecule has 2 heterocycles. The molecule has 0 saturated carbocycles. The molecule has 1 fully saturated rings. The highest BCUT2D eigenvalue weighted by Gasteiger charge is 2.27.